The Morgan fingerprint density at radius 2 is 1.75 bits per heavy atom. The molecule has 0 atom stereocenters. The van der Waals surface area contributed by atoms with Gasteiger partial charge in [-0.3, -0.25) is 0 Å². The van der Waals surface area contributed by atoms with Crippen molar-refractivity contribution < 1.29 is 4.39 Å². The second kappa shape index (κ2) is 4.00. The predicted molar refractivity (Wildman–Crippen MR) is 64.6 cm³/mol. The molecule has 2 rings (SSSR count). The van der Waals surface area contributed by atoms with Gasteiger partial charge in [-0.05, 0) is 31.5 Å². The van der Waals surface area contributed by atoms with Crippen molar-refractivity contribution in [1.29, 1.82) is 0 Å². The Kier molecular flexibility index (Phi) is 2.69. The lowest BCUT2D eigenvalue weighted by Crippen LogP contribution is -1.95. The van der Waals surface area contributed by atoms with E-state index in [1.54, 1.807) is 12.1 Å². The molecule has 1 aromatic carbocycles. The molecule has 0 radical (unpaired) electrons. The van der Waals surface area contributed by atoms with Crippen LogP contribution >= 0.6 is 0 Å². The highest BCUT2D eigenvalue weighted by Crippen LogP contribution is 2.28. The fourth-order valence-electron chi connectivity index (χ4n) is 1.66. The number of halogens is 1. The number of nitrogen functional groups attached to an aromatic ring is 1. The van der Waals surface area contributed by atoms with Crippen molar-refractivity contribution in [2.75, 3.05) is 5.73 Å². The van der Waals surface area contributed by atoms with Gasteiger partial charge in [0.1, 0.15) is 5.82 Å². The van der Waals surface area contributed by atoms with Crippen molar-refractivity contribution in [3.05, 3.63) is 42.5 Å². The molecular formula is C13H15FN2. The Labute approximate surface area is 94.5 Å². The largest absolute Gasteiger partial charge is 0.397 e. The summed E-state index contributed by atoms with van der Waals surface area (Å²) in [4.78, 5) is 0. The molecule has 0 aliphatic rings. The number of nitrogens with zero attached hydrogens (tertiary/aromatic N) is 1. The Morgan fingerprint density at radius 3 is 2.25 bits per heavy atom. The second-order valence-electron chi connectivity index (χ2n) is 4.18. The summed E-state index contributed by atoms with van der Waals surface area (Å²) in [5.74, 6) is -0.231. The topological polar surface area (TPSA) is 30.9 Å². The van der Waals surface area contributed by atoms with Gasteiger partial charge in [-0.2, -0.15) is 0 Å². The first-order chi connectivity index (χ1) is 7.58. The van der Waals surface area contributed by atoms with Crippen LogP contribution in [0.2, 0.25) is 0 Å². The molecule has 0 amide bonds. The SMILES string of the molecule is CC(C)n1cc(N)c(-c2ccc(F)cc2)c1. The molecule has 0 saturated carbocycles. The lowest BCUT2D eigenvalue weighted by atomic mass is 10.1. The van der Waals surface area contributed by atoms with E-state index in [2.05, 4.69) is 13.8 Å². The van der Waals surface area contributed by atoms with Crippen molar-refractivity contribution >= 4 is 5.69 Å². The van der Waals surface area contributed by atoms with E-state index < -0.39 is 0 Å². The molecule has 2 aromatic rings. The first-order valence-corrected chi connectivity index (χ1v) is 5.31. The predicted octanol–water partition coefficient (Wildman–Crippen LogP) is 3.46. The maximum absolute atomic E-state index is 12.8. The summed E-state index contributed by atoms with van der Waals surface area (Å²) in [7, 11) is 0. The lowest BCUT2D eigenvalue weighted by Gasteiger charge is -2.05. The van der Waals surface area contributed by atoms with E-state index in [-0.39, 0.29) is 5.82 Å². The van der Waals surface area contributed by atoms with Crippen LogP contribution in [0.3, 0.4) is 0 Å². The van der Waals surface area contributed by atoms with Crippen molar-refractivity contribution in [1.82, 2.24) is 4.57 Å². The number of benzene rings is 1. The maximum atomic E-state index is 12.8. The van der Waals surface area contributed by atoms with E-state index in [1.807, 2.05) is 17.0 Å². The van der Waals surface area contributed by atoms with Crippen LogP contribution in [0, 0.1) is 5.82 Å². The number of nitrogens with two attached hydrogens (primary N) is 1. The Morgan fingerprint density at radius 1 is 1.12 bits per heavy atom. The molecule has 0 aliphatic heterocycles. The molecule has 1 heterocycles. The van der Waals surface area contributed by atoms with Crippen LogP contribution in [0.15, 0.2) is 36.7 Å². The highest BCUT2D eigenvalue weighted by molar-refractivity contribution is 5.75. The van der Waals surface area contributed by atoms with E-state index in [9.17, 15) is 4.39 Å². The summed E-state index contributed by atoms with van der Waals surface area (Å²) >= 11 is 0. The summed E-state index contributed by atoms with van der Waals surface area (Å²) in [5.41, 5.74) is 8.55. The standard InChI is InChI=1S/C13H15FN2/c1-9(2)16-7-12(13(15)8-16)10-3-5-11(14)6-4-10/h3-9H,15H2,1-2H3. The van der Waals surface area contributed by atoms with E-state index in [1.165, 1.54) is 12.1 Å². The molecule has 0 spiro atoms. The Hall–Kier alpha value is -1.77. The highest BCUT2D eigenvalue weighted by Gasteiger charge is 2.07. The van der Waals surface area contributed by atoms with Crippen molar-refractivity contribution in [3.63, 3.8) is 0 Å². The van der Waals surface area contributed by atoms with Gasteiger partial charge in [0.05, 0.1) is 5.69 Å². The summed E-state index contributed by atoms with van der Waals surface area (Å²) in [6, 6.07) is 6.75. The maximum Gasteiger partial charge on any atom is 0.123 e. The van der Waals surface area contributed by atoms with Crippen LogP contribution in [-0.2, 0) is 0 Å². The van der Waals surface area contributed by atoms with Crippen LogP contribution in [0.25, 0.3) is 11.1 Å². The van der Waals surface area contributed by atoms with Gasteiger partial charge >= 0.3 is 0 Å². The van der Waals surface area contributed by atoms with E-state index in [0.717, 1.165) is 16.8 Å². The minimum atomic E-state index is -0.231. The molecule has 0 bridgehead atoms. The number of anilines is 1. The zero-order chi connectivity index (χ0) is 11.7. The van der Waals surface area contributed by atoms with Gasteiger partial charge in [0, 0.05) is 24.0 Å². The number of aromatic nitrogens is 1. The fraction of sp³-hybridized carbons (Fsp3) is 0.231. The van der Waals surface area contributed by atoms with Crippen molar-refractivity contribution in [3.8, 4) is 11.1 Å². The first-order valence-electron chi connectivity index (χ1n) is 5.31. The first kappa shape index (κ1) is 10.7. The average Bonchev–Trinajstić information content (AvgIpc) is 2.62. The zero-order valence-electron chi connectivity index (χ0n) is 9.44. The number of hydrogen-bond donors (Lipinski definition) is 1. The summed E-state index contributed by atoms with van der Waals surface area (Å²) < 4.78 is 14.8. The van der Waals surface area contributed by atoms with Gasteiger partial charge in [0.2, 0.25) is 0 Å². The van der Waals surface area contributed by atoms with Gasteiger partial charge in [-0.15, -0.1) is 0 Å². The van der Waals surface area contributed by atoms with Gasteiger partial charge < -0.3 is 10.3 Å². The fourth-order valence-corrected chi connectivity index (χ4v) is 1.66. The number of hydrogen-bond acceptors (Lipinski definition) is 1. The molecule has 1 aromatic heterocycles. The molecule has 0 fully saturated rings. The Balaban J connectivity index is 2.44. The molecule has 16 heavy (non-hydrogen) atoms. The van der Waals surface area contributed by atoms with Gasteiger partial charge in [-0.1, -0.05) is 12.1 Å². The van der Waals surface area contributed by atoms with Crippen molar-refractivity contribution in [2.45, 2.75) is 19.9 Å². The third-order valence-corrected chi connectivity index (χ3v) is 2.63. The Bertz CT molecular complexity index is 483. The normalized spacial score (nSPS) is 11.0. The molecule has 3 heteroatoms. The smallest absolute Gasteiger partial charge is 0.123 e. The van der Waals surface area contributed by atoms with Crippen LogP contribution < -0.4 is 5.73 Å². The highest BCUT2D eigenvalue weighted by atomic mass is 19.1. The monoisotopic (exact) mass is 218 g/mol. The molecule has 2 nitrogen and oxygen atoms in total. The lowest BCUT2D eigenvalue weighted by molar-refractivity contribution is 0.604. The van der Waals surface area contributed by atoms with Crippen LogP contribution in [0.4, 0.5) is 10.1 Å². The molecule has 0 aliphatic carbocycles. The van der Waals surface area contributed by atoms with Gasteiger partial charge in [-0.25, -0.2) is 4.39 Å². The third kappa shape index (κ3) is 1.94. The van der Waals surface area contributed by atoms with Crippen molar-refractivity contribution in [2.24, 2.45) is 0 Å². The summed E-state index contributed by atoms with van der Waals surface area (Å²) in [6.07, 6.45) is 3.90. The minimum Gasteiger partial charge on any atom is -0.397 e. The second-order valence-corrected chi connectivity index (χ2v) is 4.18. The minimum absolute atomic E-state index is 0.231. The van der Waals surface area contributed by atoms with Crippen LogP contribution in [-0.4, -0.2) is 4.57 Å². The van der Waals surface area contributed by atoms with E-state index in [4.69, 9.17) is 5.73 Å². The molecule has 0 unspecified atom stereocenters. The molecular weight excluding hydrogens is 203 g/mol. The van der Waals surface area contributed by atoms with E-state index >= 15 is 0 Å². The van der Waals surface area contributed by atoms with E-state index in [0.29, 0.717) is 6.04 Å². The zero-order valence-corrected chi connectivity index (χ0v) is 9.44. The molecule has 0 saturated heterocycles. The summed E-state index contributed by atoms with van der Waals surface area (Å²) in [5, 5.41) is 0. The van der Waals surface area contributed by atoms with Gasteiger partial charge in [0.15, 0.2) is 0 Å². The van der Waals surface area contributed by atoms with Gasteiger partial charge in [0.25, 0.3) is 0 Å². The van der Waals surface area contributed by atoms with Crippen LogP contribution in [0.5, 0.6) is 0 Å². The van der Waals surface area contributed by atoms with Crippen LogP contribution in [0.1, 0.15) is 19.9 Å². The third-order valence-electron chi connectivity index (χ3n) is 2.63. The average molecular weight is 218 g/mol. The molecule has 84 valence electrons. The summed E-state index contributed by atoms with van der Waals surface area (Å²) in [6.45, 7) is 4.18. The quantitative estimate of drug-likeness (QED) is 0.822. The number of rotatable bonds is 2. The molecule has 2 N–H and O–H groups in total.